The van der Waals surface area contributed by atoms with Crippen molar-refractivity contribution in [2.45, 2.75) is 39.2 Å². The predicted octanol–water partition coefficient (Wildman–Crippen LogP) is 2.83. The third-order valence-corrected chi connectivity index (χ3v) is 4.39. The Morgan fingerprint density at radius 1 is 1.32 bits per heavy atom. The number of carbonyl (C=O) groups excluding carboxylic acids is 1. The highest BCUT2D eigenvalue weighted by Crippen LogP contribution is 2.29. The Bertz CT molecular complexity index is 642. The van der Waals surface area contributed by atoms with Gasteiger partial charge in [0.15, 0.2) is 0 Å². The molecule has 3 heterocycles. The first-order valence-electron chi connectivity index (χ1n) is 7.92. The van der Waals surface area contributed by atoms with Crippen molar-refractivity contribution in [2.24, 2.45) is 0 Å². The predicted molar refractivity (Wildman–Crippen MR) is 85.3 cm³/mol. The van der Waals surface area contributed by atoms with Gasteiger partial charge in [-0.3, -0.25) is 9.78 Å². The summed E-state index contributed by atoms with van der Waals surface area (Å²) in [6.07, 6.45) is 8.11. The Labute approximate surface area is 131 Å². The first-order valence-corrected chi connectivity index (χ1v) is 7.92. The molecule has 1 fully saturated rings. The minimum atomic E-state index is 0.258. The van der Waals surface area contributed by atoms with Crippen LogP contribution in [-0.4, -0.2) is 38.4 Å². The Balaban J connectivity index is 1.82. The number of rotatable bonds is 3. The first-order chi connectivity index (χ1) is 10.7. The van der Waals surface area contributed by atoms with E-state index >= 15 is 0 Å². The van der Waals surface area contributed by atoms with Gasteiger partial charge in [-0.05, 0) is 31.9 Å². The topological polar surface area (TPSA) is 51.0 Å². The zero-order chi connectivity index (χ0) is 15.5. The summed E-state index contributed by atoms with van der Waals surface area (Å²) in [4.78, 5) is 22.6. The second kappa shape index (κ2) is 6.30. The Morgan fingerprint density at radius 3 is 2.73 bits per heavy atom. The molecule has 2 aromatic heterocycles. The van der Waals surface area contributed by atoms with Gasteiger partial charge in [0.2, 0.25) is 5.91 Å². The SMILES string of the molecule is CCC(=O)N1CCC(n2c(C)cnc2-c2cccnc2)CC1. The lowest BCUT2D eigenvalue weighted by Gasteiger charge is -2.33. The standard InChI is InChI=1S/C17H22N4O/c1-3-16(22)20-9-6-15(7-10-20)21-13(2)11-19-17(21)14-5-4-8-18-12-14/h4-5,8,11-12,15H,3,6-7,9-10H2,1-2H3. The maximum absolute atomic E-state index is 11.8. The van der Waals surface area contributed by atoms with E-state index in [1.165, 1.54) is 5.69 Å². The fourth-order valence-electron chi connectivity index (χ4n) is 3.21. The monoisotopic (exact) mass is 298 g/mol. The smallest absolute Gasteiger partial charge is 0.222 e. The van der Waals surface area contributed by atoms with Crippen molar-refractivity contribution in [1.29, 1.82) is 0 Å². The lowest BCUT2D eigenvalue weighted by atomic mass is 10.0. The summed E-state index contributed by atoms with van der Waals surface area (Å²) in [6.45, 7) is 5.69. The van der Waals surface area contributed by atoms with Crippen LogP contribution in [0.4, 0.5) is 0 Å². The highest BCUT2D eigenvalue weighted by atomic mass is 16.2. The van der Waals surface area contributed by atoms with Crippen molar-refractivity contribution in [1.82, 2.24) is 19.4 Å². The molecular weight excluding hydrogens is 276 g/mol. The highest BCUT2D eigenvalue weighted by Gasteiger charge is 2.25. The fourth-order valence-corrected chi connectivity index (χ4v) is 3.21. The first kappa shape index (κ1) is 14.8. The Morgan fingerprint density at radius 2 is 2.09 bits per heavy atom. The van der Waals surface area contributed by atoms with Crippen molar-refractivity contribution in [3.8, 4) is 11.4 Å². The number of nitrogens with zero attached hydrogens (tertiary/aromatic N) is 4. The molecule has 1 aliphatic heterocycles. The molecular formula is C17H22N4O. The summed E-state index contributed by atoms with van der Waals surface area (Å²) < 4.78 is 2.31. The third kappa shape index (κ3) is 2.75. The molecule has 0 spiro atoms. The quantitative estimate of drug-likeness (QED) is 0.875. The van der Waals surface area contributed by atoms with Crippen LogP contribution < -0.4 is 0 Å². The normalized spacial score (nSPS) is 16.0. The van der Waals surface area contributed by atoms with Gasteiger partial charge in [0.1, 0.15) is 5.82 Å². The molecule has 3 rings (SSSR count). The zero-order valence-electron chi connectivity index (χ0n) is 13.2. The van der Waals surface area contributed by atoms with Crippen LogP contribution in [0.25, 0.3) is 11.4 Å². The summed E-state index contributed by atoms with van der Waals surface area (Å²) in [5.74, 6) is 1.24. The van der Waals surface area contributed by atoms with Gasteiger partial charge in [-0.15, -0.1) is 0 Å². The van der Waals surface area contributed by atoms with Gasteiger partial charge >= 0.3 is 0 Å². The van der Waals surface area contributed by atoms with E-state index in [1.54, 1.807) is 6.20 Å². The third-order valence-electron chi connectivity index (χ3n) is 4.39. The molecule has 22 heavy (non-hydrogen) atoms. The zero-order valence-corrected chi connectivity index (χ0v) is 13.2. The van der Waals surface area contributed by atoms with E-state index in [0.717, 1.165) is 37.3 Å². The number of likely N-dealkylation sites (tertiary alicyclic amines) is 1. The molecule has 1 amide bonds. The van der Waals surface area contributed by atoms with E-state index in [0.29, 0.717) is 12.5 Å². The molecule has 0 unspecified atom stereocenters. The van der Waals surface area contributed by atoms with Crippen molar-refractivity contribution in [3.63, 3.8) is 0 Å². The van der Waals surface area contributed by atoms with Gasteiger partial charge in [0.05, 0.1) is 0 Å². The van der Waals surface area contributed by atoms with Crippen LogP contribution in [-0.2, 0) is 4.79 Å². The van der Waals surface area contributed by atoms with Gasteiger partial charge in [0.25, 0.3) is 0 Å². The van der Waals surface area contributed by atoms with E-state index in [4.69, 9.17) is 0 Å². The largest absolute Gasteiger partial charge is 0.343 e. The summed E-state index contributed by atoms with van der Waals surface area (Å²) >= 11 is 0. The number of amides is 1. The maximum atomic E-state index is 11.8. The van der Waals surface area contributed by atoms with E-state index in [-0.39, 0.29) is 5.91 Å². The van der Waals surface area contributed by atoms with E-state index in [2.05, 4.69) is 21.5 Å². The molecule has 0 aromatic carbocycles. The van der Waals surface area contributed by atoms with Crippen molar-refractivity contribution < 1.29 is 4.79 Å². The van der Waals surface area contributed by atoms with Gasteiger partial charge in [-0.2, -0.15) is 0 Å². The van der Waals surface area contributed by atoms with Crippen LogP contribution in [0.15, 0.2) is 30.7 Å². The van der Waals surface area contributed by atoms with Crippen LogP contribution in [0.3, 0.4) is 0 Å². The number of piperidine rings is 1. The molecule has 5 nitrogen and oxygen atoms in total. The van der Waals surface area contributed by atoms with Gasteiger partial charge < -0.3 is 9.47 Å². The Kier molecular flexibility index (Phi) is 4.22. The maximum Gasteiger partial charge on any atom is 0.222 e. The molecule has 1 aliphatic rings. The number of hydrogen-bond donors (Lipinski definition) is 0. The molecule has 2 aromatic rings. The second-order valence-electron chi connectivity index (χ2n) is 5.80. The van der Waals surface area contributed by atoms with E-state index in [9.17, 15) is 4.79 Å². The van der Waals surface area contributed by atoms with Gasteiger partial charge in [0, 0.05) is 55.4 Å². The molecule has 1 saturated heterocycles. The molecule has 0 atom stereocenters. The van der Waals surface area contributed by atoms with Gasteiger partial charge in [-0.1, -0.05) is 6.92 Å². The van der Waals surface area contributed by atoms with Gasteiger partial charge in [-0.25, -0.2) is 4.98 Å². The average Bonchev–Trinajstić information content (AvgIpc) is 2.96. The van der Waals surface area contributed by atoms with Crippen LogP contribution >= 0.6 is 0 Å². The minimum Gasteiger partial charge on any atom is -0.343 e. The molecule has 0 saturated carbocycles. The minimum absolute atomic E-state index is 0.258. The number of hydrogen-bond acceptors (Lipinski definition) is 3. The molecule has 0 aliphatic carbocycles. The van der Waals surface area contributed by atoms with Crippen molar-refractivity contribution in [3.05, 3.63) is 36.4 Å². The Hall–Kier alpha value is -2.17. The van der Waals surface area contributed by atoms with Crippen molar-refractivity contribution >= 4 is 5.91 Å². The molecule has 0 N–H and O–H groups in total. The van der Waals surface area contributed by atoms with Crippen LogP contribution in [0.2, 0.25) is 0 Å². The second-order valence-corrected chi connectivity index (χ2v) is 5.80. The fraction of sp³-hybridized carbons (Fsp3) is 0.471. The number of imidazole rings is 1. The summed E-state index contributed by atoms with van der Waals surface area (Å²) in [5.41, 5.74) is 2.21. The van der Waals surface area contributed by atoms with Crippen LogP contribution in [0, 0.1) is 6.92 Å². The van der Waals surface area contributed by atoms with Crippen LogP contribution in [0.5, 0.6) is 0 Å². The summed E-state index contributed by atoms with van der Waals surface area (Å²) in [7, 11) is 0. The van der Waals surface area contributed by atoms with Crippen LogP contribution in [0.1, 0.15) is 37.9 Å². The van der Waals surface area contributed by atoms with E-state index in [1.807, 2.05) is 36.4 Å². The molecule has 0 radical (unpaired) electrons. The van der Waals surface area contributed by atoms with Crippen molar-refractivity contribution in [2.75, 3.05) is 13.1 Å². The van der Waals surface area contributed by atoms with E-state index < -0.39 is 0 Å². The summed E-state index contributed by atoms with van der Waals surface area (Å²) in [5, 5.41) is 0. The average molecular weight is 298 g/mol. The number of aromatic nitrogens is 3. The lowest BCUT2D eigenvalue weighted by molar-refractivity contribution is -0.132. The number of aryl methyl sites for hydroxylation is 1. The molecule has 116 valence electrons. The molecule has 0 bridgehead atoms. The molecule has 5 heteroatoms. The summed E-state index contributed by atoms with van der Waals surface area (Å²) in [6, 6.07) is 4.38. The number of carbonyl (C=O) groups is 1. The lowest BCUT2D eigenvalue weighted by Crippen LogP contribution is -2.38. The highest BCUT2D eigenvalue weighted by molar-refractivity contribution is 5.75. The number of pyridine rings is 1.